The lowest BCUT2D eigenvalue weighted by molar-refractivity contribution is 0.513. The van der Waals surface area contributed by atoms with Crippen LogP contribution in [0.4, 0.5) is 5.69 Å². The fourth-order valence-electron chi connectivity index (χ4n) is 1.54. The molecule has 1 aromatic rings. The van der Waals surface area contributed by atoms with Crippen LogP contribution in [0.25, 0.3) is 5.76 Å². The van der Waals surface area contributed by atoms with Crippen LogP contribution in [0.5, 0.6) is 0 Å². The Labute approximate surface area is 106 Å². The molecule has 1 rings (SSSR count). The van der Waals surface area contributed by atoms with Gasteiger partial charge in [-0.15, -0.1) is 0 Å². The van der Waals surface area contributed by atoms with Crippen molar-refractivity contribution in [3.63, 3.8) is 0 Å². The van der Waals surface area contributed by atoms with Crippen molar-refractivity contribution in [1.29, 1.82) is 0 Å². The third-order valence-corrected chi connectivity index (χ3v) is 3.18. The number of nitrogens with zero attached hydrogens (tertiary/aromatic N) is 1. The summed E-state index contributed by atoms with van der Waals surface area (Å²) in [6, 6.07) is 8.47. The normalized spacial score (nSPS) is 12.5. The van der Waals surface area contributed by atoms with Crippen molar-refractivity contribution in [3.05, 3.63) is 35.9 Å². The van der Waals surface area contributed by atoms with Gasteiger partial charge in [0.25, 0.3) is 0 Å². The molecule has 1 aromatic carbocycles. The summed E-state index contributed by atoms with van der Waals surface area (Å²) >= 11 is 0. The maximum atomic E-state index is 6.06. The Morgan fingerprint density at radius 1 is 1.12 bits per heavy atom. The number of rotatable bonds is 4. The van der Waals surface area contributed by atoms with E-state index in [1.54, 1.807) is 0 Å². The molecule has 0 spiro atoms. The second kappa shape index (κ2) is 5.41. The highest BCUT2D eigenvalue weighted by molar-refractivity contribution is 6.70. The lowest BCUT2D eigenvalue weighted by Gasteiger charge is -2.22. The molecule has 0 saturated heterocycles. The summed E-state index contributed by atoms with van der Waals surface area (Å²) in [4.78, 5) is 2.10. The van der Waals surface area contributed by atoms with Gasteiger partial charge in [-0.3, -0.25) is 0 Å². The quantitative estimate of drug-likeness (QED) is 0.591. The van der Waals surface area contributed by atoms with Crippen molar-refractivity contribution in [1.82, 2.24) is 0 Å². The number of anilines is 1. The summed E-state index contributed by atoms with van der Waals surface area (Å²) in [5.74, 6) is 0.995. The van der Waals surface area contributed by atoms with E-state index >= 15 is 0 Å². The predicted octanol–water partition coefficient (Wildman–Crippen LogP) is 3.96. The molecule has 0 aliphatic carbocycles. The smallest absolute Gasteiger partial charge is 0.242 e. The second-order valence-electron chi connectivity index (χ2n) is 5.31. The minimum absolute atomic E-state index is 0.995. The first-order chi connectivity index (χ1) is 7.83. The molecular formula is C14H23NOSi. The van der Waals surface area contributed by atoms with Gasteiger partial charge in [0, 0.05) is 25.3 Å². The van der Waals surface area contributed by atoms with Gasteiger partial charge >= 0.3 is 0 Å². The van der Waals surface area contributed by atoms with E-state index in [2.05, 4.69) is 48.8 Å². The van der Waals surface area contributed by atoms with Crippen LogP contribution in [-0.4, -0.2) is 22.4 Å². The SMILES string of the molecule is C/C=C(/O[Si](C)(C)C)c1ccc(N(C)C)cc1. The first kappa shape index (κ1) is 13.8. The summed E-state index contributed by atoms with van der Waals surface area (Å²) in [5, 5.41) is 0. The number of hydrogen-bond acceptors (Lipinski definition) is 2. The largest absolute Gasteiger partial charge is 0.544 e. The van der Waals surface area contributed by atoms with Gasteiger partial charge in [-0.1, -0.05) is 0 Å². The average Bonchev–Trinajstić information content (AvgIpc) is 2.25. The predicted molar refractivity (Wildman–Crippen MR) is 78.9 cm³/mol. The summed E-state index contributed by atoms with van der Waals surface area (Å²) in [5.41, 5.74) is 2.36. The standard InChI is InChI=1S/C14H23NOSi/c1-7-14(16-17(4,5)6)12-8-10-13(11-9-12)15(2)3/h7-11H,1-6H3/b14-7+. The molecule has 0 aliphatic heterocycles. The van der Waals surface area contributed by atoms with Crippen molar-refractivity contribution in [2.75, 3.05) is 19.0 Å². The summed E-state index contributed by atoms with van der Waals surface area (Å²) in [6.45, 7) is 8.62. The van der Waals surface area contributed by atoms with E-state index in [9.17, 15) is 0 Å². The van der Waals surface area contributed by atoms with Gasteiger partial charge in [0.1, 0.15) is 5.76 Å². The molecular weight excluding hydrogens is 226 g/mol. The molecule has 0 unspecified atom stereocenters. The second-order valence-corrected chi connectivity index (χ2v) is 9.74. The zero-order valence-electron chi connectivity index (χ0n) is 11.7. The van der Waals surface area contributed by atoms with Crippen LogP contribution in [0.2, 0.25) is 19.6 Å². The zero-order valence-corrected chi connectivity index (χ0v) is 12.7. The number of hydrogen-bond donors (Lipinski definition) is 0. The lowest BCUT2D eigenvalue weighted by Crippen LogP contribution is -2.24. The molecule has 0 N–H and O–H groups in total. The van der Waals surface area contributed by atoms with Crippen molar-refractivity contribution < 1.29 is 4.43 Å². The Balaban J connectivity index is 2.91. The highest BCUT2D eigenvalue weighted by Gasteiger charge is 2.18. The Kier molecular flexibility index (Phi) is 4.40. The van der Waals surface area contributed by atoms with E-state index in [1.165, 1.54) is 5.69 Å². The first-order valence-corrected chi connectivity index (χ1v) is 9.37. The maximum Gasteiger partial charge on any atom is 0.242 e. The van der Waals surface area contributed by atoms with Crippen LogP contribution in [0.1, 0.15) is 12.5 Å². The van der Waals surface area contributed by atoms with E-state index < -0.39 is 8.32 Å². The molecule has 2 nitrogen and oxygen atoms in total. The molecule has 0 atom stereocenters. The Bertz CT molecular complexity index is 388. The molecule has 0 bridgehead atoms. The zero-order chi connectivity index (χ0) is 13.1. The minimum Gasteiger partial charge on any atom is -0.544 e. The van der Waals surface area contributed by atoms with Gasteiger partial charge in [-0.25, -0.2) is 0 Å². The average molecular weight is 249 g/mol. The third-order valence-electron chi connectivity index (χ3n) is 2.35. The van der Waals surface area contributed by atoms with Gasteiger partial charge in [-0.05, 0) is 56.9 Å². The Morgan fingerprint density at radius 2 is 1.65 bits per heavy atom. The maximum absolute atomic E-state index is 6.06. The molecule has 17 heavy (non-hydrogen) atoms. The van der Waals surface area contributed by atoms with Crippen LogP contribution >= 0.6 is 0 Å². The van der Waals surface area contributed by atoms with E-state index in [-0.39, 0.29) is 0 Å². The monoisotopic (exact) mass is 249 g/mol. The van der Waals surface area contributed by atoms with E-state index in [0.29, 0.717) is 0 Å². The molecule has 0 aliphatic rings. The van der Waals surface area contributed by atoms with Crippen LogP contribution in [0.3, 0.4) is 0 Å². The van der Waals surface area contributed by atoms with Gasteiger partial charge < -0.3 is 9.33 Å². The highest BCUT2D eigenvalue weighted by Crippen LogP contribution is 2.23. The lowest BCUT2D eigenvalue weighted by atomic mass is 10.1. The number of benzene rings is 1. The van der Waals surface area contributed by atoms with E-state index in [4.69, 9.17) is 4.43 Å². The van der Waals surface area contributed by atoms with E-state index in [0.717, 1.165) is 11.3 Å². The van der Waals surface area contributed by atoms with Crippen LogP contribution in [0.15, 0.2) is 30.3 Å². The van der Waals surface area contributed by atoms with Crippen LogP contribution in [-0.2, 0) is 4.43 Å². The van der Waals surface area contributed by atoms with Gasteiger partial charge in [0.15, 0.2) is 0 Å². The minimum atomic E-state index is -1.54. The molecule has 0 saturated carbocycles. The van der Waals surface area contributed by atoms with Gasteiger partial charge in [0.05, 0.1) is 0 Å². The Hall–Kier alpha value is -1.22. The third kappa shape index (κ3) is 4.27. The van der Waals surface area contributed by atoms with Gasteiger partial charge in [0.2, 0.25) is 8.32 Å². The van der Waals surface area contributed by atoms with Crippen molar-refractivity contribution >= 4 is 19.8 Å². The summed E-state index contributed by atoms with van der Waals surface area (Å²) in [7, 11) is 2.55. The van der Waals surface area contributed by atoms with Gasteiger partial charge in [-0.2, -0.15) is 0 Å². The molecule has 0 aromatic heterocycles. The fraction of sp³-hybridized carbons (Fsp3) is 0.429. The molecule has 94 valence electrons. The summed E-state index contributed by atoms with van der Waals surface area (Å²) in [6.07, 6.45) is 2.04. The topological polar surface area (TPSA) is 12.5 Å². The number of allylic oxidation sites excluding steroid dienone is 1. The highest BCUT2D eigenvalue weighted by atomic mass is 28.4. The van der Waals surface area contributed by atoms with Crippen molar-refractivity contribution in [3.8, 4) is 0 Å². The molecule has 0 fully saturated rings. The fourth-order valence-corrected chi connectivity index (χ4v) is 2.43. The van der Waals surface area contributed by atoms with Crippen LogP contribution in [0, 0.1) is 0 Å². The van der Waals surface area contributed by atoms with E-state index in [1.807, 2.05) is 27.1 Å². The first-order valence-electron chi connectivity index (χ1n) is 5.96. The van der Waals surface area contributed by atoms with Crippen molar-refractivity contribution in [2.45, 2.75) is 26.6 Å². The molecule has 0 heterocycles. The Morgan fingerprint density at radius 3 is 2.00 bits per heavy atom. The summed E-state index contributed by atoms with van der Waals surface area (Å²) < 4.78 is 6.06. The molecule has 3 heteroatoms. The molecule has 0 amide bonds. The van der Waals surface area contributed by atoms with Crippen LogP contribution < -0.4 is 4.90 Å². The van der Waals surface area contributed by atoms with Crippen molar-refractivity contribution in [2.24, 2.45) is 0 Å². The molecule has 0 radical (unpaired) electrons.